The average molecular weight is 136 g/mol. The summed E-state index contributed by atoms with van der Waals surface area (Å²) in [6.45, 7) is 0. The molecule has 0 rings (SSSR count). The van der Waals surface area contributed by atoms with Crippen molar-refractivity contribution in [3.8, 4) is 0 Å². The molecule has 0 aliphatic carbocycles. The summed E-state index contributed by atoms with van der Waals surface area (Å²) >= 11 is 0. The van der Waals surface area contributed by atoms with Crippen LogP contribution in [0.1, 0.15) is 0 Å². The van der Waals surface area contributed by atoms with Crippen LogP contribution >= 0.6 is 0 Å². The van der Waals surface area contributed by atoms with Crippen LogP contribution in [0.25, 0.3) is 0 Å². The Morgan fingerprint density at radius 2 is 2.22 bits per heavy atom. The van der Waals surface area contributed by atoms with Crippen molar-refractivity contribution in [2.45, 2.75) is 0 Å². The zero-order valence-corrected chi connectivity index (χ0v) is 3.84. The lowest BCUT2D eigenvalue weighted by Gasteiger charge is -1.86. The first-order valence-corrected chi connectivity index (χ1v) is 1.53. The number of carbonyl (C=O) groups excluding carboxylic acids is 1. The van der Waals surface area contributed by atoms with E-state index >= 15 is 0 Å². The van der Waals surface area contributed by atoms with E-state index in [1.165, 1.54) is 0 Å². The Hall–Kier alpha value is -1.73. The van der Waals surface area contributed by atoms with Crippen LogP contribution in [0.3, 0.4) is 0 Å². The molecule has 0 fully saturated rings. The molecule has 8 heteroatoms. The molecule has 0 aromatic carbocycles. The fourth-order valence-electron chi connectivity index (χ4n) is 0.108. The third kappa shape index (κ3) is 4.12. The molecule has 0 heterocycles. The molecule has 0 aromatic rings. The molecule has 0 radical (unpaired) electrons. The zero-order chi connectivity index (χ0) is 7.28. The van der Waals surface area contributed by atoms with Gasteiger partial charge in [0, 0.05) is 0 Å². The summed E-state index contributed by atoms with van der Waals surface area (Å²) in [6, 6.07) is 0. The van der Waals surface area contributed by atoms with Crippen LogP contribution in [-0.4, -0.2) is 11.2 Å². The summed E-state index contributed by atoms with van der Waals surface area (Å²) < 4.78 is 0. The number of hydrogen-bond donors (Lipinski definition) is 0. The lowest BCUT2D eigenvalue weighted by atomic mass is 11.4. The van der Waals surface area contributed by atoms with E-state index in [-0.39, 0.29) is 0 Å². The fraction of sp³-hybridized carbons (Fsp3) is 0. The molecule has 0 unspecified atom stereocenters. The first-order valence-electron chi connectivity index (χ1n) is 1.53. The molecule has 50 valence electrons. The minimum Gasteiger partial charge on any atom is -0.259 e. The predicted octanol–water partition coefficient (Wildman–Crippen LogP) is 0.0127. The molecule has 8 nitrogen and oxygen atoms in total. The maximum absolute atomic E-state index is 9.67. The van der Waals surface area contributed by atoms with Gasteiger partial charge in [-0.2, -0.15) is 4.84 Å². The normalized spacial score (nSPS) is 7.56. The first kappa shape index (κ1) is 7.27. The second kappa shape index (κ2) is 3.29. The summed E-state index contributed by atoms with van der Waals surface area (Å²) in [4.78, 5) is 34.1. The van der Waals surface area contributed by atoms with E-state index < -0.39 is 11.2 Å². The van der Waals surface area contributed by atoms with Gasteiger partial charge in [0.2, 0.25) is 0 Å². The van der Waals surface area contributed by atoms with Gasteiger partial charge < -0.3 is 0 Å². The summed E-state index contributed by atoms with van der Waals surface area (Å²) in [5, 5.41) is 9.36. The Morgan fingerprint density at radius 3 is 2.56 bits per heavy atom. The van der Waals surface area contributed by atoms with Crippen molar-refractivity contribution < 1.29 is 19.6 Å². The van der Waals surface area contributed by atoms with E-state index in [0.29, 0.717) is 0 Å². The summed E-state index contributed by atoms with van der Waals surface area (Å²) in [5.74, 6) is 0. The van der Waals surface area contributed by atoms with Crippen LogP contribution in [-0.2, 0) is 9.68 Å². The summed E-state index contributed by atoms with van der Waals surface area (Å²) in [5.41, 5.74) is 0. The SMILES string of the molecule is O=NOC(=O)O[N+](=O)[O-]. The van der Waals surface area contributed by atoms with Gasteiger partial charge in [0.05, 0.1) is 0 Å². The van der Waals surface area contributed by atoms with E-state index in [0.717, 1.165) is 0 Å². The van der Waals surface area contributed by atoms with Crippen molar-refractivity contribution in [1.29, 1.82) is 0 Å². The summed E-state index contributed by atoms with van der Waals surface area (Å²) in [7, 11) is 0. The Morgan fingerprint density at radius 1 is 1.67 bits per heavy atom. The van der Waals surface area contributed by atoms with Gasteiger partial charge in [0.25, 0.3) is 0 Å². The second-order valence-electron chi connectivity index (χ2n) is 0.731. The van der Waals surface area contributed by atoms with Crippen LogP contribution in [0.5, 0.6) is 0 Å². The van der Waals surface area contributed by atoms with Gasteiger partial charge >= 0.3 is 11.2 Å². The topological polar surface area (TPSA) is 108 Å². The number of rotatable bonds is 2. The van der Waals surface area contributed by atoms with E-state index in [1.54, 1.807) is 5.34 Å². The zero-order valence-electron chi connectivity index (χ0n) is 3.84. The van der Waals surface area contributed by atoms with Crippen LogP contribution in [0.4, 0.5) is 4.79 Å². The predicted molar refractivity (Wildman–Crippen MR) is 20.4 cm³/mol. The van der Waals surface area contributed by atoms with Gasteiger partial charge in [-0.3, -0.25) is 4.84 Å². The molecule has 0 saturated carbocycles. The average Bonchev–Trinajstić information content (AvgIpc) is 1.63. The Balaban J connectivity index is 3.50. The highest BCUT2D eigenvalue weighted by molar-refractivity contribution is 5.58. The molecule has 0 amide bonds. The van der Waals surface area contributed by atoms with Crippen molar-refractivity contribution >= 4 is 6.16 Å². The highest BCUT2D eigenvalue weighted by Crippen LogP contribution is 1.83. The van der Waals surface area contributed by atoms with Crippen LogP contribution < -0.4 is 0 Å². The first-order chi connectivity index (χ1) is 4.16. The Bertz CT molecular complexity index is 140. The molecule has 0 N–H and O–H groups in total. The van der Waals surface area contributed by atoms with Gasteiger partial charge in [0.15, 0.2) is 5.34 Å². The fourth-order valence-corrected chi connectivity index (χ4v) is 0.108. The van der Waals surface area contributed by atoms with Crippen molar-refractivity contribution in [3.63, 3.8) is 0 Å². The van der Waals surface area contributed by atoms with Gasteiger partial charge in [-0.05, 0) is 0 Å². The maximum atomic E-state index is 9.67. The third-order valence-electron chi connectivity index (χ3n) is 0.261. The lowest BCUT2D eigenvalue weighted by molar-refractivity contribution is -0.730. The molecule has 0 spiro atoms. The van der Waals surface area contributed by atoms with Crippen molar-refractivity contribution in [2.24, 2.45) is 5.34 Å². The van der Waals surface area contributed by atoms with Gasteiger partial charge in [0.1, 0.15) is 0 Å². The molecule has 0 aromatic heterocycles. The molecule has 9 heavy (non-hydrogen) atoms. The smallest absolute Gasteiger partial charge is 0.259 e. The van der Waals surface area contributed by atoms with Crippen LogP contribution in [0.2, 0.25) is 0 Å². The highest BCUT2D eigenvalue weighted by Gasteiger charge is 2.07. The van der Waals surface area contributed by atoms with Crippen LogP contribution in [0.15, 0.2) is 5.34 Å². The third-order valence-corrected chi connectivity index (χ3v) is 0.261. The van der Waals surface area contributed by atoms with Crippen molar-refractivity contribution in [1.82, 2.24) is 0 Å². The van der Waals surface area contributed by atoms with Gasteiger partial charge in [-0.1, -0.05) is 0 Å². The monoisotopic (exact) mass is 136 g/mol. The number of nitrogens with zero attached hydrogens (tertiary/aromatic N) is 2. The molecular weight excluding hydrogens is 136 g/mol. The van der Waals surface area contributed by atoms with E-state index in [9.17, 15) is 14.9 Å². The molecule has 0 aliphatic rings. The molecule has 0 aliphatic heterocycles. The Labute approximate surface area is 47.4 Å². The molecule has 0 atom stereocenters. The molecule has 0 bridgehead atoms. The number of carbonyl (C=O) groups is 1. The van der Waals surface area contributed by atoms with E-state index in [2.05, 4.69) is 9.68 Å². The maximum Gasteiger partial charge on any atom is 0.514 e. The quantitative estimate of drug-likeness (QED) is 0.300. The number of hydrogen-bond acceptors (Lipinski definition) is 7. The van der Waals surface area contributed by atoms with E-state index in [1.807, 2.05) is 0 Å². The molecule has 0 saturated heterocycles. The lowest BCUT2D eigenvalue weighted by Crippen LogP contribution is -2.08. The van der Waals surface area contributed by atoms with Crippen molar-refractivity contribution in [3.05, 3.63) is 15.0 Å². The van der Waals surface area contributed by atoms with Crippen molar-refractivity contribution in [2.75, 3.05) is 0 Å². The minimum absolute atomic E-state index is 1.42. The largest absolute Gasteiger partial charge is 0.514 e. The summed E-state index contributed by atoms with van der Waals surface area (Å²) in [6.07, 6.45) is -1.77. The van der Waals surface area contributed by atoms with E-state index in [4.69, 9.17) is 4.91 Å². The molecular formula is CN2O6. The second-order valence-corrected chi connectivity index (χ2v) is 0.731. The van der Waals surface area contributed by atoms with Gasteiger partial charge in [-0.15, -0.1) is 15.0 Å². The Kier molecular flexibility index (Phi) is 2.66. The van der Waals surface area contributed by atoms with Gasteiger partial charge in [-0.25, -0.2) is 4.79 Å². The minimum atomic E-state index is -1.77. The highest BCUT2D eigenvalue weighted by atomic mass is 17.0. The standard InChI is InChI=1S/CN2O6/c4-1(8-2-5)9-3(6)7. The van der Waals surface area contributed by atoms with Crippen LogP contribution in [0, 0.1) is 15.0 Å².